The monoisotopic (exact) mass is 455 g/mol. The zero-order valence-electron chi connectivity index (χ0n) is 16.1. The third-order valence-electron chi connectivity index (χ3n) is 4.50. The first kappa shape index (κ1) is 20.4. The quantitative estimate of drug-likeness (QED) is 0.594. The molecule has 4 rings (SSSR count). The minimum atomic E-state index is -0.366. The van der Waals surface area contributed by atoms with Gasteiger partial charge < -0.3 is 9.84 Å². The summed E-state index contributed by atoms with van der Waals surface area (Å²) in [6, 6.07) is 16.8. The molecule has 2 heterocycles. The highest BCUT2D eigenvalue weighted by Gasteiger charge is 2.35. The number of aliphatic hydroxyl groups excluding tert-OH is 1. The molecule has 0 aliphatic carbocycles. The fourth-order valence-corrected chi connectivity index (χ4v) is 5.54. The van der Waals surface area contributed by atoms with Crippen molar-refractivity contribution in [1.82, 2.24) is 4.57 Å². The number of aryl methyl sites for hydroxylation is 1. The maximum atomic E-state index is 13.4. The molecular formula is C21H17N3O3S3. The minimum absolute atomic E-state index is 0.0288. The molecule has 1 aliphatic heterocycles. The number of anilines is 1. The van der Waals surface area contributed by atoms with Gasteiger partial charge in [0.15, 0.2) is 14.3 Å². The fraction of sp³-hybridized carbons (Fsp3) is 0.0952. The van der Waals surface area contributed by atoms with Crippen molar-refractivity contribution in [3.05, 3.63) is 74.8 Å². The molecule has 2 N–H and O–H groups in total. The van der Waals surface area contributed by atoms with Crippen LogP contribution in [0.2, 0.25) is 0 Å². The van der Waals surface area contributed by atoms with Crippen LogP contribution in [0.1, 0.15) is 5.56 Å². The van der Waals surface area contributed by atoms with E-state index in [9.17, 15) is 9.90 Å². The van der Waals surface area contributed by atoms with Gasteiger partial charge in [0.2, 0.25) is 0 Å². The Balaban J connectivity index is 2.00. The molecule has 1 aliphatic rings. The number of aromatic nitrogens is 1. The number of thiazole rings is 1. The van der Waals surface area contributed by atoms with Gasteiger partial charge in [-0.2, -0.15) is 0 Å². The highest BCUT2D eigenvalue weighted by Crippen LogP contribution is 2.35. The van der Waals surface area contributed by atoms with Gasteiger partial charge in [-0.25, -0.2) is 0 Å². The molecule has 1 amide bonds. The van der Waals surface area contributed by atoms with Crippen LogP contribution in [0.5, 0.6) is 0 Å². The molecule has 0 radical (unpaired) electrons. The Labute approximate surface area is 185 Å². The fourth-order valence-electron chi connectivity index (χ4n) is 3.02. The number of hydrogen-bond donors (Lipinski definition) is 2. The lowest BCUT2D eigenvalue weighted by Crippen LogP contribution is -2.33. The number of thiocarbonyl (C=S) groups is 1. The van der Waals surface area contributed by atoms with E-state index in [0.29, 0.717) is 25.3 Å². The maximum Gasteiger partial charge on any atom is 0.298 e. The lowest BCUT2D eigenvalue weighted by molar-refractivity contribution is -0.112. The van der Waals surface area contributed by atoms with Crippen LogP contribution in [0, 0.1) is 12.3 Å². The number of hydrogen-bond acceptors (Lipinski definition) is 7. The number of rotatable bonds is 3. The molecule has 0 atom stereocenters. The SMILES string of the molecule is CO/C(O)=c1\s/c(=C2/SC(=S)N(c3ccc(C)cc3)C2=O)n(-c2ccccc2)c1=N. The Morgan fingerprint density at radius 3 is 2.40 bits per heavy atom. The summed E-state index contributed by atoms with van der Waals surface area (Å²) in [6.45, 7) is 1.98. The van der Waals surface area contributed by atoms with Crippen LogP contribution >= 0.6 is 35.3 Å². The van der Waals surface area contributed by atoms with Gasteiger partial charge >= 0.3 is 0 Å². The molecule has 0 spiro atoms. The number of para-hydroxylation sites is 1. The second-order valence-corrected chi connectivity index (χ2v) is 9.08. The molecule has 0 unspecified atom stereocenters. The third-order valence-corrected chi connectivity index (χ3v) is 7.14. The summed E-state index contributed by atoms with van der Waals surface area (Å²) in [7, 11) is 1.33. The van der Waals surface area contributed by atoms with Crippen LogP contribution in [0.25, 0.3) is 16.5 Å². The number of carbonyl (C=O) groups excluding carboxylic acids is 1. The average Bonchev–Trinajstić information content (AvgIpc) is 3.24. The van der Waals surface area contributed by atoms with E-state index in [0.717, 1.165) is 16.9 Å². The molecule has 30 heavy (non-hydrogen) atoms. The molecule has 1 saturated heterocycles. The van der Waals surface area contributed by atoms with Gasteiger partial charge in [0.25, 0.3) is 11.9 Å². The van der Waals surface area contributed by atoms with Crippen LogP contribution in [-0.4, -0.2) is 27.0 Å². The van der Waals surface area contributed by atoms with Crippen LogP contribution in [0.4, 0.5) is 5.69 Å². The number of ether oxygens (including phenoxy) is 1. The molecular weight excluding hydrogens is 438 g/mol. The topological polar surface area (TPSA) is 78.6 Å². The summed E-state index contributed by atoms with van der Waals surface area (Å²) in [4.78, 5) is 15.3. The van der Waals surface area contributed by atoms with Gasteiger partial charge in [0, 0.05) is 5.69 Å². The molecule has 2 aromatic carbocycles. The van der Waals surface area contributed by atoms with E-state index in [2.05, 4.69) is 0 Å². The minimum Gasteiger partial charge on any atom is -0.480 e. The van der Waals surface area contributed by atoms with E-state index in [1.807, 2.05) is 61.5 Å². The summed E-state index contributed by atoms with van der Waals surface area (Å²) in [5, 5.41) is 18.7. The average molecular weight is 456 g/mol. The van der Waals surface area contributed by atoms with Gasteiger partial charge in [-0.15, -0.1) is 11.3 Å². The Kier molecular flexibility index (Phi) is 5.50. The summed E-state index contributed by atoms with van der Waals surface area (Å²) in [5.74, 6) is -0.627. The van der Waals surface area contributed by atoms with Crippen LogP contribution in [0.3, 0.4) is 0 Å². The number of nitrogens with zero attached hydrogens (tertiary/aromatic N) is 2. The zero-order valence-corrected chi connectivity index (χ0v) is 18.5. The number of methoxy groups -OCH3 is 1. The molecule has 9 heteroatoms. The standard InChI is InChI=1S/C21H17N3O3S3/c1-12-8-10-14(11-9-12)24-18(25)16(30-21(24)28)19-23(13-6-4-3-5-7-13)17(22)15(29-19)20(26)27-2/h3-11,22,26H,1-2H3/b19-16+,20-15-,22-17?. The van der Waals surface area contributed by atoms with E-state index < -0.39 is 0 Å². The maximum absolute atomic E-state index is 13.4. The first-order chi connectivity index (χ1) is 14.4. The van der Waals surface area contributed by atoms with E-state index in [1.54, 1.807) is 4.57 Å². The Bertz CT molecular complexity index is 1330. The molecule has 3 aromatic rings. The Morgan fingerprint density at radius 1 is 1.10 bits per heavy atom. The highest BCUT2D eigenvalue weighted by molar-refractivity contribution is 8.31. The Morgan fingerprint density at radius 2 is 1.77 bits per heavy atom. The third kappa shape index (κ3) is 3.45. The second-order valence-electron chi connectivity index (χ2n) is 6.44. The molecule has 0 bridgehead atoms. The molecule has 1 fully saturated rings. The van der Waals surface area contributed by atoms with Crippen LogP contribution in [0.15, 0.2) is 54.6 Å². The van der Waals surface area contributed by atoms with Crippen molar-refractivity contribution in [1.29, 1.82) is 5.41 Å². The van der Waals surface area contributed by atoms with E-state index in [1.165, 1.54) is 23.8 Å². The van der Waals surface area contributed by atoms with E-state index in [-0.39, 0.29) is 21.9 Å². The van der Waals surface area contributed by atoms with Gasteiger partial charge in [-0.05, 0) is 31.2 Å². The smallest absolute Gasteiger partial charge is 0.298 e. The molecule has 1 aromatic heterocycles. The molecule has 6 nitrogen and oxygen atoms in total. The van der Waals surface area contributed by atoms with Gasteiger partial charge in [0.1, 0.15) is 9.57 Å². The summed E-state index contributed by atoms with van der Waals surface area (Å²) < 4.78 is 7.73. The lowest BCUT2D eigenvalue weighted by atomic mass is 10.2. The van der Waals surface area contributed by atoms with Gasteiger partial charge in [-0.3, -0.25) is 19.7 Å². The predicted octanol–water partition coefficient (Wildman–Crippen LogP) is 2.77. The number of amides is 1. The number of thioether (sulfide) groups is 1. The van der Waals surface area contributed by atoms with Crippen molar-refractivity contribution in [2.45, 2.75) is 6.92 Å². The van der Waals surface area contributed by atoms with Crippen LogP contribution in [-0.2, 0) is 9.53 Å². The molecule has 0 saturated carbocycles. The lowest BCUT2D eigenvalue weighted by Gasteiger charge is -2.14. The van der Waals surface area contributed by atoms with Crippen molar-refractivity contribution in [3.8, 4) is 5.69 Å². The number of carbonyl (C=O) groups is 1. The number of aliphatic hydroxyl groups is 1. The summed E-state index contributed by atoms with van der Waals surface area (Å²) in [5.41, 5.74) is 2.51. The number of benzene rings is 2. The van der Waals surface area contributed by atoms with E-state index in [4.69, 9.17) is 22.4 Å². The van der Waals surface area contributed by atoms with Gasteiger partial charge in [0.05, 0.1) is 12.8 Å². The van der Waals surface area contributed by atoms with Gasteiger partial charge in [-0.1, -0.05) is 59.9 Å². The largest absolute Gasteiger partial charge is 0.480 e. The van der Waals surface area contributed by atoms with Crippen molar-refractivity contribution in [3.63, 3.8) is 0 Å². The van der Waals surface area contributed by atoms with E-state index >= 15 is 0 Å². The first-order valence-electron chi connectivity index (χ1n) is 8.88. The predicted molar refractivity (Wildman–Crippen MR) is 124 cm³/mol. The normalized spacial score (nSPS) is 16.8. The first-order valence-corrected chi connectivity index (χ1v) is 10.9. The highest BCUT2D eigenvalue weighted by atomic mass is 32.2. The Hall–Kier alpha value is -2.88. The van der Waals surface area contributed by atoms with Crippen molar-refractivity contribution >= 4 is 62.1 Å². The van der Waals surface area contributed by atoms with Crippen molar-refractivity contribution in [2.75, 3.05) is 12.0 Å². The van der Waals surface area contributed by atoms with Crippen LogP contribution < -0.4 is 19.6 Å². The summed E-state index contributed by atoms with van der Waals surface area (Å²) >= 11 is 7.80. The molecule has 152 valence electrons. The zero-order chi connectivity index (χ0) is 21.4. The van der Waals surface area contributed by atoms with Crippen molar-refractivity contribution in [2.24, 2.45) is 0 Å². The van der Waals surface area contributed by atoms with Crippen molar-refractivity contribution < 1.29 is 14.6 Å². The summed E-state index contributed by atoms with van der Waals surface area (Å²) in [6.07, 6.45) is 0. The second kappa shape index (κ2) is 8.10. The number of nitrogens with one attached hydrogen (secondary N) is 1.